The maximum absolute atomic E-state index is 12.8. The molecule has 0 rings (SSSR count). The van der Waals surface area contributed by atoms with Gasteiger partial charge in [-0.3, -0.25) is 14.4 Å². The molecule has 0 aliphatic rings. The fraction of sp³-hybridized carbons (Fsp3) is 0.596. The summed E-state index contributed by atoms with van der Waals surface area (Å²) in [6.07, 6.45) is 69.1. The molecule has 0 spiro atoms. The minimum Gasteiger partial charge on any atom is -0.462 e. The highest BCUT2D eigenvalue weighted by Crippen LogP contribution is 2.12. The molecule has 0 aromatic rings. The Morgan fingerprint density at radius 3 is 1.08 bits per heavy atom. The first-order valence-corrected chi connectivity index (χ1v) is 25.0. The van der Waals surface area contributed by atoms with Gasteiger partial charge >= 0.3 is 17.9 Å². The van der Waals surface area contributed by atoms with Crippen LogP contribution >= 0.6 is 0 Å². The van der Waals surface area contributed by atoms with Crippen LogP contribution in [0.5, 0.6) is 0 Å². The van der Waals surface area contributed by atoms with E-state index >= 15 is 0 Å². The third-order valence-corrected chi connectivity index (χ3v) is 9.94. The van der Waals surface area contributed by atoms with E-state index in [0.717, 1.165) is 128 Å². The van der Waals surface area contributed by atoms with Crippen molar-refractivity contribution >= 4 is 17.9 Å². The summed E-state index contributed by atoms with van der Waals surface area (Å²) in [6.45, 7) is 6.26. The quantitative estimate of drug-likeness (QED) is 0.0263. The lowest BCUT2D eigenvalue weighted by Gasteiger charge is -2.18. The highest BCUT2D eigenvalue weighted by atomic mass is 16.6. The average Bonchev–Trinajstić information content (AvgIpc) is 3.28. The molecule has 0 aromatic carbocycles. The molecule has 0 saturated heterocycles. The fourth-order valence-corrected chi connectivity index (χ4v) is 6.23. The molecule has 1 unspecified atom stereocenters. The van der Waals surface area contributed by atoms with E-state index in [-0.39, 0.29) is 44.0 Å². The molecule has 0 aromatic heterocycles. The van der Waals surface area contributed by atoms with Gasteiger partial charge in [-0.15, -0.1) is 0 Å². The van der Waals surface area contributed by atoms with Gasteiger partial charge in [-0.1, -0.05) is 194 Å². The van der Waals surface area contributed by atoms with Crippen LogP contribution in [0, 0.1) is 0 Å². The van der Waals surface area contributed by atoms with E-state index in [1.807, 2.05) is 12.2 Å². The van der Waals surface area contributed by atoms with Crippen LogP contribution < -0.4 is 0 Å². The summed E-state index contributed by atoms with van der Waals surface area (Å²) in [5.41, 5.74) is 0. The van der Waals surface area contributed by atoms with Crippen LogP contribution in [-0.4, -0.2) is 37.2 Å². The van der Waals surface area contributed by atoms with E-state index in [4.69, 9.17) is 14.2 Å². The van der Waals surface area contributed by atoms with E-state index < -0.39 is 6.10 Å². The Hall–Kier alpha value is -4.19. The third kappa shape index (κ3) is 48.7. The smallest absolute Gasteiger partial charge is 0.306 e. The number of rotatable bonds is 43. The monoisotopic (exact) mass is 871 g/mol. The molecule has 0 aliphatic carbocycles. The van der Waals surface area contributed by atoms with Crippen LogP contribution in [0.15, 0.2) is 122 Å². The lowest BCUT2D eigenvalue weighted by molar-refractivity contribution is -0.166. The summed E-state index contributed by atoms with van der Waals surface area (Å²) in [5, 5.41) is 0. The number of allylic oxidation sites excluding steroid dienone is 20. The van der Waals surface area contributed by atoms with Gasteiger partial charge < -0.3 is 14.2 Å². The molecule has 0 aliphatic heterocycles. The van der Waals surface area contributed by atoms with Crippen molar-refractivity contribution in [3.8, 4) is 0 Å². The van der Waals surface area contributed by atoms with Crippen LogP contribution in [-0.2, 0) is 28.6 Å². The topological polar surface area (TPSA) is 78.9 Å². The highest BCUT2D eigenvalue weighted by molar-refractivity contribution is 5.71. The Morgan fingerprint density at radius 2 is 0.651 bits per heavy atom. The molecule has 354 valence electrons. The molecule has 0 amide bonds. The number of esters is 3. The third-order valence-electron chi connectivity index (χ3n) is 9.94. The standard InChI is InChI=1S/C57H90O6/c1-4-7-10-13-16-19-22-24-26-27-28-29-31-32-35-38-41-44-47-50-56(59)62-53-54(52-61-55(58)49-46-43-40-37-34-21-18-15-12-9-6-3)63-57(60)51-48-45-42-39-36-33-30-25-23-20-17-14-11-8-5-2/h7-8,10-11,15-20,24-26,28-30,32,35,41,44,54H,4-6,9,12-14,21-23,27,31,33-34,36-40,42-43,45-53H2,1-3H3/b10-7-,11-8-,18-15-,19-16-,20-17-,26-24-,29-28-,30-25-,35-32-,44-41-. The molecule has 0 saturated carbocycles. The summed E-state index contributed by atoms with van der Waals surface area (Å²) < 4.78 is 16.7. The predicted molar refractivity (Wildman–Crippen MR) is 269 cm³/mol. The van der Waals surface area contributed by atoms with Crippen molar-refractivity contribution in [3.05, 3.63) is 122 Å². The van der Waals surface area contributed by atoms with E-state index in [1.54, 1.807) is 0 Å². The molecule has 0 N–H and O–H groups in total. The van der Waals surface area contributed by atoms with Gasteiger partial charge in [0.2, 0.25) is 0 Å². The number of ether oxygens (including phenoxy) is 3. The van der Waals surface area contributed by atoms with Crippen LogP contribution in [0.2, 0.25) is 0 Å². The second-order valence-corrected chi connectivity index (χ2v) is 16.0. The molecule has 63 heavy (non-hydrogen) atoms. The zero-order valence-electron chi connectivity index (χ0n) is 40.3. The van der Waals surface area contributed by atoms with Gasteiger partial charge in [0.25, 0.3) is 0 Å². The Morgan fingerprint density at radius 1 is 0.333 bits per heavy atom. The number of carbonyl (C=O) groups excluding carboxylic acids is 3. The first kappa shape index (κ1) is 58.8. The van der Waals surface area contributed by atoms with Crippen LogP contribution in [0.3, 0.4) is 0 Å². The van der Waals surface area contributed by atoms with E-state index in [9.17, 15) is 14.4 Å². The van der Waals surface area contributed by atoms with Crippen molar-refractivity contribution in [1.82, 2.24) is 0 Å². The minimum absolute atomic E-state index is 0.116. The molecule has 6 nitrogen and oxygen atoms in total. The van der Waals surface area contributed by atoms with Crippen molar-refractivity contribution in [1.29, 1.82) is 0 Å². The van der Waals surface area contributed by atoms with Gasteiger partial charge in [-0.25, -0.2) is 0 Å². The maximum Gasteiger partial charge on any atom is 0.306 e. The van der Waals surface area contributed by atoms with Crippen LogP contribution in [0.25, 0.3) is 0 Å². The Labute approximate surface area is 386 Å². The Balaban J connectivity index is 4.54. The van der Waals surface area contributed by atoms with Crippen molar-refractivity contribution in [3.63, 3.8) is 0 Å². The highest BCUT2D eigenvalue weighted by Gasteiger charge is 2.19. The van der Waals surface area contributed by atoms with E-state index in [0.29, 0.717) is 12.8 Å². The number of carbonyl (C=O) groups is 3. The van der Waals surface area contributed by atoms with Gasteiger partial charge in [0.15, 0.2) is 6.10 Å². The van der Waals surface area contributed by atoms with Crippen molar-refractivity contribution in [2.75, 3.05) is 13.2 Å². The minimum atomic E-state index is -0.823. The predicted octanol–water partition coefficient (Wildman–Crippen LogP) is 16.5. The van der Waals surface area contributed by atoms with Crippen LogP contribution in [0.4, 0.5) is 0 Å². The first-order chi connectivity index (χ1) is 31.0. The van der Waals surface area contributed by atoms with Crippen molar-refractivity contribution < 1.29 is 28.6 Å². The SMILES string of the molecule is CC/C=C\C/C=C\C/C=C\C/C=C\C/C=C\C/C=C\CCC(=O)OCC(COC(=O)CCCCCCC/C=C\CCCC)OC(=O)CCCCCCC/C=C\C/C=C\C/C=C\CC. The maximum atomic E-state index is 12.8. The lowest BCUT2D eigenvalue weighted by atomic mass is 10.1. The summed E-state index contributed by atoms with van der Waals surface area (Å²) in [7, 11) is 0. The van der Waals surface area contributed by atoms with Gasteiger partial charge in [0.05, 0.1) is 0 Å². The molecule has 0 fully saturated rings. The van der Waals surface area contributed by atoms with Gasteiger partial charge in [-0.2, -0.15) is 0 Å². The number of hydrogen-bond acceptors (Lipinski definition) is 6. The molecule has 6 heteroatoms. The molecular formula is C57H90O6. The van der Waals surface area contributed by atoms with Crippen molar-refractivity contribution in [2.24, 2.45) is 0 Å². The summed E-state index contributed by atoms with van der Waals surface area (Å²) in [4.78, 5) is 37.9. The largest absolute Gasteiger partial charge is 0.462 e. The first-order valence-electron chi connectivity index (χ1n) is 25.0. The second-order valence-electron chi connectivity index (χ2n) is 16.0. The summed E-state index contributed by atoms with van der Waals surface area (Å²) in [6, 6.07) is 0. The van der Waals surface area contributed by atoms with Crippen LogP contribution in [0.1, 0.15) is 201 Å². The molecule has 0 heterocycles. The van der Waals surface area contributed by atoms with Crippen molar-refractivity contribution in [2.45, 2.75) is 207 Å². The summed E-state index contributed by atoms with van der Waals surface area (Å²) >= 11 is 0. The van der Waals surface area contributed by atoms with Gasteiger partial charge in [0, 0.05) is 19.3 Å². The number of unbranched alkanes of at least 4 members (excludes halogenated alkanes) is 12. The molecule has 0 radical (unpaired) electrons. The second kappa shape index (κ2) is 50.5. The van der Waals surface area contributed by atoms with Gasteiger partial charge in [0.1, 0.15) is 13.2 Å². The zero-order chi connectivity index (χ0) is 45.8. The molecule has 1 atom stereocenters. The summed E-state index contributed by atoms with van der Waals surface area (Å²) in [5.74, 6) is -1.04. The average molecular weight is 871 g/mol. The zero-order valence-corrected chi connectivity index (χ0v) is 40.3. The van der Waals surface area contributed by atoms with E-state index in [1.165, 1.54) is 25.7 Å². The molecular weight excluding hydrogens is 781 g/mol. The normalized spacial score (nSPS) is 13.1. The Kier molecular flexibility index (Phi) is 47.1. The lowest BCUT2D eigenvalue weighted by Crippen LogP contribution is -2.30. The molecule has 0 bridgehead atoms. The van der Waals surface area contributed by atoms with E-state index in [2.05, 4.69) is 130 Å². The van der Waals surface area contributed by atoms with Gasteiger partial charge in [-0.05, 0) is 109 Å². The fourth-order valence-electron chi connectivity index (χ4n) is 6.23. The number of hydrogen-bond donors (Lipinski definition) is 0. The Bertz CT molecular complexity index is 1370.